The average Bonchev–Trinajstić information content (AvgIpc) is 3.10. The average molecular weight is 346 g/mol. The molecule has 112 valence electrons. The molecule has 1 N–H and O–H groups in total. The van der Waals surface area contributed by atoms with Crippen molar-refractivity contribution in [2.24, 2.45) is 0 Å². The minimum absolute atomic E-state index is 0.0126. The summed E-state index contributed by atoms with van der Waals surface area (Å²) < 4.78 is 30.4. The molecule has 3 aromatic heterocycles. The number of sulfonamides is 1. The third kappa shape index (κ3) is 2.95. The van der Waals surface area contributed by atoms with Gasteiger partial charge in [0.2, 0.25) is 0 Å². The Morgan fingerprint density at radius 1 is 1.38 bits per heavy atom. The molecular formula is C11H12ClN5O2S2. The van der Waals surface area contributed by atoms with Gasteiger partial charge >= 0.3 is 0 Å². The standard InChI is InChI=1S/C11H12ClN5O2S2/c12-9-10(17-7-8-20-11(17)15-9)21(18,19)14-4-2-6-16-5-1-3-13-16/h1,3,5,7-8,14H,2,4,6H2. The Kier molecular flexibility index (Phi) is 3.98. The minimum Gasteiger partial charge on any atom is -0.279 e. The highest BCUT2D eigenvalue weighted by Crippen LogP contribution is 2.25. The van der Waals surface area contributed by atoms with Gasteiger partial charge in [-0.1, -0.05) is 11.6 Å². The monoisotopic (exact) mass is 345 g/mol. The molecule has 3 rings (SSSR count). The zero-order chi connectivity index (χ0) is 14.9. The summed E-state index contributed by atoms with van der Waals surface area (Å²) >= 11 is 7.26. The molecule has 3 aromatic rings. The number of imidazole rings is 1. The van der Waals surface area contributed by atoms with Crippen molar-refractivity contribution in [2.45, 2.75) is 18.0 Å². The van der Waals surface area contributed by atoms with E-state index in [1.54, 1.807) is 22.5 Å². The van der Waals surface area contributed by atoms with Gasteiger partial charge in [0.15, 0.2) is 15.1 Å². The van der Waals surface area contributed by atoms with Gasteiger partial charge in [-0.2, -0.15) is 5.10 Å². The van der Waals surface area contributed by atoms with E-state index in [9.17, 15) is 8.42 Å². The molecular weight excluding hydrogens is 334 g/mol. The number of aromatic nitrogens is 4. The Morgan fingerprint density at radius 3 is 3.00 bits per heavy atom. The summed E-state index contributed by atoms with van der Waals surface area (Å²) in [7, 11) is -3.69. The number of nitrogens with zero attached hydrogens (tertiary/aromatic N) is 4. The van der Waals surface area contributed by atoms with E-state index in [4.69, 9.17) is 11.6 Å². The van der Waals surface area contributed by atoms with Crippen molar-refractivity contribution in [1.82, 2.24) is 23.9 Å². The molecule has 0 saturated heterocycles. The maximum atomic E-state index is 12.3. The number of hydrogen-bond donors (Lipinski definition) is 1. The Labute approximate surface area is 130 Å². The van der Waals surface area contributed by atoms with Crippen LogP contribution in [0.15, 0.2) is 35.1 Å². The van der Waals surface area contributed by atoms with Crippen LogP contribution in [0, 0.1) is 0 Å². The highest BCUT2D eigenvalue weighted by molar-refractivity contribution is 7.89. The number of nitrogens with one attached hydrogen (secondary N) is 1. The summed E-state index contributed by atoms with van der Waals surface area (Å²) in [6.45, 7) is 0.944. The van der Waals surface area contributed by atoms with Gasteiger partial charge in [-0.05, 0) is 12.5 Å². The molecule has 0 unspecified atom stereocenters. The van der Waals surface area contributed by atoms with Crippen molar-refractivity contribution in [3.05, 3.63) is 35.2 Å². The maximum Gasteiger partial charge on any atom is 0.259 e. The van der Waals surface area contributed by atoms with Gasteiger partial charge in [0.05, 0.1) is 0 Å². The van der Waals surface area contributed by atoms with Crippen LogP contribution < -0.4 is 4.72 Å². The van der Waals surface area contributed by atoms with Crippen molar-refractivity contribution in [1.29, 1.82) is 0 Å². The number of rotatable bonds is 6. The third-order valence-corrected chi connectivity index (χ3v) is 5.46. The van der Waals surface area contributed by atoms with E-state index < -0.39 is 10.0 Å². The maximum absolute atomic E-state index is 12.3. The summed E-state index contributed by atoms with van der Waals surface area (Å²) in [4.78, 5) is 4.57. The van der Waals surface area contributed by atoms with Crippen LogP contribution in [-0.2, 0) is 16.6 Å². The zero-order valence-electron chi connectivity index (χ0n) is 10.8. The highest BCUT2D eigenvalue weighted by Gasteiger charge is 2.24. The van der Waals surface area contributed by atoms with Crippen LogP contribution in [0.4, 0.5) is 0 Å². The van der Waals surface area contributed by atoms with Gasteiger partial charge in [-0.3, -0.25) is 9.08 Å². The molecule has 0 amide bonds. The van der Waals surface area contributed by atoms with E-state index >= 15 is 0 Å². The lowest BCUT2D eigenvalue weighted by Crippen LogP contribution is -2.26. The fourth-order valence-electron chi connectivity index (χ4n) is 1.93. The second-order valence-corrected chi connectivity index (χ2v) is 7.20. The Hall–Kier alpha value is -1.42. The first-order valence-corrected chi connectivity index (χ1v) is 8.90. The van der Waals surface area contributed by atoms with E-state index in [0.717, 1.165) is 0 Å². The molecule has 0 atom stereocenters. The lowest BCUT2D eigenvalue weighted by molar-refractivity contribution is 0.550. The summed E-state index contributed by atoms with van der Waals surface area (Å²) in [5.74, 6) is 0. The van der Waals surface area contributed by atoms with Gasteiger partial charge in [0, 0.05) is 37.1 Å². The van der Waals surface area contributed by atoms with Crippen molar-refractivity contribution in [3.63, 3.8) is 0 Å². The van der Waals surface area contributed by atoms with E-state index in [1.807, 2.05) is 12.3 Å². The summed E-state index contributed by atoms with van der Waals surface area (Å²) in [5.41, 5.74) is 0. The third-order valence-electron chi connectivity index (χ3n) is 2.85. The topological polar surface area (TPSA) is 81.3 Å². The highest BCUT2D eigenvalue weighted by atomic mass is 35.5. The number of hydrogen-bond acceptors (Lipinski definition) is 5. The second kappa shape index (κ2) is 5.76. The van der Waals surface area contributed by atoms with E-state index in [-0.39, 0.29) is 10.2 Å². The lowest BCUT2D eigenvalue weighted by atomic mass is 10.4. The van der Waals surface area contributed by atoms with Crippen molar-refractivity contribution in [3.8, 4) is 0 Å². The van der Waals surface area contributed by atoms with Crippen LogP contribution in [0.5, 0.6) is 0 Å². The van der Waals surface area contributed by atoms with E-state index in [1.165, 1.54) is 15.7 Å². The molecule has 0 fully saturated rings. The second-order valence-electron chi connectivity index (χ2n) is 4.28. The smallest absolute Gasteiger partial charge is 0.259 e. The fourth-order valence-corrected chi connectivity index (χ4v) is 4.45. The zero-order valence-corrected chi connectivity index (χ0v) is 13.2. The Morgan fingerprint density at radius 2 is 2.24 bits per heavy atom. The molecule has 3 heterocycles. The fraction of sp³-hybridized carbons (Fsp3) is 0.273. The Balaban J connectivity index is 1.69. The molecule has 0 radical (unpaired) electrons. The first-order valence-electron chi connectivity index (χ1n) is 6.16. The first-order chi connectivity index (χ1) is 10.1. The van der Waals surface area contributed by atoms with Crippen molar-refractivity contribution >= 4 is 37.9 Å². The molecule has 10 heteroatoms. The first kappa shape index (κ1) is 14.5. The molecule has 0 saturated carbocycles. The largest absolute Gasteiger partial charge is 0.279 e. The van der Waals surface area contributed by atoms with Crippen LogP contribution >= 0.6 is 22.9 Å². The van der Waals surface area contributed by atoms with Gasteiger partial charge in [0.1, 0.15) is 0 Å². The molecule has 0 aliphatic rings. The molecule has 0 spiro atoms. The summed E-state index contributed by atoms with van der Waals surface area (Å²) in [6.07, 6.45) is 5.78. The number of halogens is 1. The molecule has 0 bridgehead atoms. The van der Waals surface area contributed by atoms with Crippen LogP contribution in [0.25, 0.3) is 4.96 Å². The molecule has 0 aromatic carbocycles. The van der Waals surface area contributed by atoms with Gasteiger partial charge < -0.3 is 0 Å². The number of aryl methyl sites for hydroxylation is 1. The van der Waals surface area contributed by atoms with Crippen LogP contribution in [-0.4, -0.2) is 34.1 Å². The molecule has 21 heavy (non-hydrogen) atoms. The Bertz CT molecular complexity index is 837. The van der Waals surface area contributed by atoms with Crippen LogP contribution in [0.1, 0.15) is 6.42 Å². The normalized spacial score (nSPS) is 12.2. The quantitative estimate of drug-likeness (QED) is 0.688. The van der Waals surface area contributed by atoms with E-state index in [2.05, 4.69) is 14.8 Å². The van der Waals surface area contributed by atoms with E-state index in [0.29, 0.717) is 24.5 Å². The number of fused-ring (bicyclic) bond motifs is 1. The number of thiazole rings is 1. The van der Waals surface area contributed by atoms with Crippen molar-refractivity contribution < 1.29 is 8.42 Å². The van der Waals surface area contributed by atoms with Crippen LogP contribution in [0.2, 0.25) is 5.15 Å². The van der Waals surface area contributed by atoms with Crippen molar-refractivity contribution in [2.75, 3.05) is 6.54 Å². The van der Waals surface area contributed by atoms with Crippen LogP contribution in [0.3, 0.4) is 0 Å². The lowest BCUT2D eigenvalue weighted by Gasteiger charge is -2.06. The minimum atomic E-state index is -3.69. The van der Waals surface area contributed by atoms with Gasteiger partial charge in [0.25, 0.3) is 10.0 Å². The SMILES string of the molecule is O=S(=O)(NCCCn1cccn1)c1c(Cl)nc2sccn12. The molecule has 7 nitrogen and oxygen atoms in total. The summed E-state index contributed by atoms with van der Waals surface area (Å²) in [6, 6.07) is 1.82. The predicted octanol–water partition coefficient (Wildman–Crippen LogP) is 1.61. The molecule has 0 aliphatic carbocycles. The summed E-state index contributed by atoms with van der Waals surface area (Å²) in [5, 5.41) is 5.79. The van der Waals surface area contributed by atoms with Gasteiger partial charge in [-0.15, -0.1) is 11.3 Å². The predicted molar refractivity (Wildman–Crippen MR) is 80.1 cm³/mol. The molecule has 0 aliphatic heterocycles. The van der Waals surface area contributed by atoms with Gasteiger partial charge in [-0.25, -0.2) is 18.1 Å².